The van der Waals surface area contributed by atoms with Crippen molar-refractivity contribution >= 4 is 0 Å². The zero-order valence-corrected chi connectivity index (χ0v) is 12.0. The van der Waals surface area contributed by atoms with Crippen LogP contribution in [0.1, 0.15) is 49.7 Å². The van der Waals surface area contributed by atoms with Crippen LogP contribution in [0.15, 0.2) is 24.3 Å². The van der Waals surface area contributed by atoms with Crippen molar-refractivity contribution in [1.29, 1.82) is 0 Å². The van der Waals surface area contributed by atoms with Crippen molar-refractivity contribution in [2.24, 2.45) is 0 Å². The Labute approximate surface area is 116 Å². The normalized spacial score (nSPS) is 25.2. The first-order valence-corrected chi connectivity index (χ1v) is 7.70. The van der Waals surface area contributed by atoms with E-state index in [1.807, 2.05) is 0 Å². The van der Waals surface area contributed by atoms with Gasteiger partial charge in [0.2, 0.25) is 0 Å². The van der Waals surface area contributed by atoms with E-state index in [9.17, 15) is 0 Å². The maximum absolute atomic E-state index is 6.31. The highest BCUT2D eigenvalue weighted by atomic mass is 16.5. The van der Waals surface area contributed by atoms with Gasteiger partial charge in [0.25, 0.3) is 0 Å². The molecule has 1 atom stereocenters. The maximum atomic E-state index is 6.31. The van der Waals surface area contributed by atoms with Gasteiger partial charge in [0.1, 0.15) is 0 Å². The van der Waals surface area contributed by atoms with Crippen LogP contribution in [0.5, 0.6) is 0 Å². The summed E-state index contributed by atoms with van der Waals surface area (Å²) in [5.41, 5.74) is 2.98. The minimum atomic E-state index is 0.273. The molecule has 2 heteroatoms. The Kier molecular flexibility index (Phi) is 3.90. The number of hydrogen-bond acceptors (Lipinski definition) is 2. The van der Waals surface area contributed by atoms with Gasteiger partial charge in [-0.15, -0.1) is 0 Å². The third-order valence-electron chi connectivity index (χ3n) is 4.64. The van der Waals surface area contributed by atoms with Crippen LogP contribution < -0.4 is 5.32 Å². The molecule has 2 fully saturated rings. The molecule has 19 heavy (non-hydrogen) atoms. The minimum Gasteiger partial charge on any atom is -0.370 e. The van der Waals surface area contributed by atoms with E-state index >= 15 is 0 Å². The summed E-state index contributed by atoms with van der Waals surface area (Å²) in [4.78, 5) is 0. The van der Waals surface area contributed by atoms with E-state index in [4.69, 9.17) is 4.74 Å². The second kappa shape index (κ2) is 5.64. The average Bonchev–Trinajstić information content (AvgIpc) is 3.01. The van der Waals surface area contributed by atoms with Crippen molar-refractivity contribution in [3.05, 3.63) is 35.4 Å². The van der Waals surface area contributed by atoms with Crippen molar-refractivity contribution in [2.75, 3.05) is 6.54 Å². The Bertz CT molecular complexity index is 423. The van der Waals surface area contributed by atoms with Crippen molar-refractivity contribution in [1.82, 2.24) is 5.32 Å². The molecule has 1 aromatic carbocycles. The van der Waals surface area contributed by atoms with Crippen molar-refractivity contribution in [3.8, 4) is 0 Å². The number of benzene rings is 1. The lowest BCUT2D eigenvalue weighted by atomic mass is 9.98. The highest BCUT2D eigenvalue weighted by Gasteiger charge is 2.41. The lowest BCUT2D eigenvalue weighted by Gasteiger charge is -2.24. The van der Waals surface area contributed by atoms with Gasteiger partial charge >= 0.3 is 0 Å². The van der Waals surface area contributed by atoms with Crippen LogP contribution in [0.3, 0.4) is 0 Å². The zero-order chi connectivity index (χ0) is 13.1. The number of ether oxygens (including phenoxy) is 1. The molecule has 0 bridgehead atoms. The molecule has 1 unspecified atom stereocenters. The summed E-state index contributed by atoms with van der Waals surface area (Å²) in [7, 11) is 0. The van der Waals surface area contributed by atoms with Crippen LogP contribution in [0.2, 0.25) is 0 Å². The van der Waals surface area contributed by atoms with Gasteiger partial charge in [0.05, 0.1) is 11.7 Å². The van der Waals surface area contributed by atoms with Crippen LogP contribution in [-0.2, 0) is 11.3 Å². The smallest absolute Gasteiger partial charge is 0.0708 e. The third-order valence-corrected chi connectivity index (χ3v) is 4.64. The van der Waals surface area contributed by atoms with Gasteiger partial charge in [-0.05, 0) is 38.2 Å². The van der Waals surface area contributed by atoms with Gasteiger partial charge in [-0.25, -0.2) is 0 Å². The van der Waals surface area contributed by atoms with Crippen molar-refractivity contribution in [3.63, 3.8) is 0 Å². The average molecular weight is 259 g/mol. The third kappa shape index (κ3) is 3.18. The van der Waals surface area contributed by atoms with E-state index < -0.39 is 0 Å². The molecule has 1 N–H and O–H groups in total. The number of rotatable bonds is 4. The molecule has 2 aliphatic rings. The number of aryl methyl sites for hydroxylation is 1. The van der Waals surface area contributed by atoms with E-state index in [1.165, 1.54) is 49.7 Å². The molecule has 2 nitrogen and oxygen atoms in total. The number of nitrogens with one attached hydrogen (secondary N) is 1. The first-order valence-electron chi connectivity index (χ1n) is 7.70. The van der Waals surface area contributed by atoms with Crippen molar-refractivity contribution in [2.45, 2.75) is 63.7 Å². The molecule has 0 amide bonds. The summed E-state index contributed by atoms with van der Waals surface area (Å²) >= 11 is 0. The predicted molar refractivity (Wildman–Crippen MR) is 78.2 cm³/mol. The van der Waals surface area contributed by atoms with Gasteiger partial charge < -0.3 is 10.1 Å². The fourth-order valence-electron chi connectivity index (χ4n) is 3.63. The molecule has 1 saturated carbocycles. The molecule has 1 aliphatic heterocycles. The first kappa shape index (κ1) is 13.1. The Morgan fingerprint density at radius 1 is 1.26 bits per heavy atom. The molecule has 104 valence electrons. The summed E-state index contributed by atoms with van der Waals surface area (Å²) in [6, 6.07) is 8.72. The monoisotopic (exact) mass is 259 g/mol. The SMILES string of the molecule is Cc1cccc(CNCC2CCC3(CCCC3)O2)c1. The quantitative estimate of drug-likeness (QED) is 0.892. The molecule has 1 spiro atoms. The standard InChI is InChI=1S/C17H25NO/c1-14-5-4-6-15(11-14)12-18-13-16-7-10-17(19-16)8-2-3-9-17/h4-6,11,16,18H,2-3,7-10,12-13H2,1H3. The fraction of sp³-hybridized carbons (Fsp3) is 0.647. The van der Waals surface area contributed by atoms with Crippen LogP contribution in [0.25, 0.3) is 0 Å². The highest BCUT2D eigenvalue weighted by molar-refractivity contribution is 5.21. The van der Waals surface area contributed by atoms with Gasteiger partial charge in [-0.1, -0.05) is 42.7 Å². The van der Waals surface area contributed by atoms with Gasteiger partial charge in [0, 0.05) is 13.1 Å². The van der Waals surface area contributed by atoms with Crippen LogP contribution in [-0.4, -0.2) is 18.2 Å². The summed E-state index contributed by atoms with van der Waals surface area (Å²) in [5.74, 6) is 0. The lowest BCUT2D eigenvalue weighted by molar-refractivity contribution is -0.0351. The fourth-order valence-corrected chi connectivity index (χ4v) is 3.63. The second-order valence-electron chi connectivity index (χ2n) is 6.29. The van der Waals surface area contributed by atoms with Gasteiger partial charge in [-0.2, -0.15) is 0 Å². The first-order chi connectivity index (χ1) is 9.26. The Morgan fingerprint density at radius 3 is 2.89 bits per heavy atom. The number of hydrogen-bond donors (Lipinski definition) is 1. The topological polar surface area (TPSA) is 21.3 Å². The van der Waals surface area contributed by atoms with E-state index in [-0.39, 0.29) is 5.60 Å². The van der Waals surface area contributed by atoms with Crippen LogP contribution in [0, 0.1) is 6.92 Å². The Morgan fingerprint density at radius 2 is 2.11 bits per heavy atom. The molecule has 3 rings (SSSR count). The van der Waals surface area contributed by atoms with Crippen molar-refractivity contribution < 1.29 is 4.74 Å². The summed E-state index contributed by atoms with van der Waals surface area (Å²) in [6.07, 6.45) is 8.27. The molecular weight excluding hydrogens is 234 g/mol. The lowest BCUT2D eigenvalue weighted by Crippen LogP contribution is -2.30. The summed E-state index contributed by atoms with van der Waals surface area (Å²) in [5, 5.41) is 3.55. The highest BCUT2D eigenvalue weighted by Crippen LogP contribution is 2.43. The molecule has 1 saturated heterocycles. The Hall–Kier alpha value is -0.860. The molecule has 0 radical (unpaired) electrons. The second-order valence-corrected chi connectivity index (χ2v) is 6.29. The van der Waals surface area contributed by atoms with Crippen LogP contribution in [0.4, 0.5) is 0 Å². The van der Waals surface area contributed by atoms with E-state index in [0.717, 1.165) is 13.1 Å². The summed E-state index contributed by atoms with van der Waals surface area (Å²) in [6.45, 7) is 4.09. The van der Waals surface area contributed by atoms with Crippen LogP contribution >= 0.6 is 0 Å². The molecule has 1 heterocycles. The minimum absolute atomic E-state index is 0.273. The zero-order valence-electron chi connectivity index (χ0n) is 12.0. The van der Waals surface area contributed by atoms with E-state index in [2.05, 4.69) is 36.5 Å². The maximum Gasteiger partial charge on any atom is 0.0708 e. The largest absolute Gasteiger partial charge is 0.370 e. The molecule has 0 aromatic heterocycles. The summed E-state index contributed by atoms with van der Waals surface area (Å²) < 4.78 is 6.31. The van der Waals surface area contributed by atoms with E-state index in [1.54, 1.807) is 0 Å². The van der Waals surface area contributed by atoms with Gasteiger partial charge in [-0.3, -0.25) is 0 Å². The Balaban J connectivity index is 1.43. The van der Waals surface area contributed by atoms with E-state index in [0.29, 0.717) is 6.10 Å². The molecule has 1 aliphatic carbocycles. The van der Waals surface area contributed by atoms with Gasteiger partial charge in [0.15, 0.2) is 0 Å². The predicted octanol–water partition coefficient (Wildman–Crippen LogP) is 3.58. The molecular formula is C17H25NO. The molecule has 1 aromatic rings.